The number of hydrogen-bond acceptors (Lipinski definition) is 3. The molecule has 1 aliphatic carbocycles. The van der Waals surface area contributed by atoms with Crippen molar-refractivity contribution in [3.05, 3.63) is 0 Å². The standard InChI is InChI=1S/C18H34NO3/c1-4-5-8-12-18(21,15-9-6-7-10-15)17(20)22-16-11-13-19(2,3)14-16/h15-16,21H,4-14H2,1-3H3/q+1. The number of rotatable bonds is 7. The molecule has 1 saturated heterocycles. The molecule has 0 aromatic rings. The molecular weight excluding hydrogens is 278 g/mol. The Kier molecular flexibility index (Phi) is 5.89. The van der Waals surface area contributed by atoms with Gasteiger partial charge < -0.3 is 14.3 Å². The van der Waals surface area contributed by atoms with Gasteiger partial charge in [-0.25, -0.2) is 4.79 Å². The van der Waals surface area contributed by atoms with Crippen LogP contribution in [0.1, 0.15) is 64.7 Å². The van der Waals surface area contributed by atoms with E-state index in [4.69, 9.17) is 4.74 Å². The van der Waals surface area contributed by atoms with Crippen LogP contribution in [0.15, 0.2) is 0 Å². The van der Waals surface area contributed by atoms with Crippen molar-refractivity contribution in [3.8, 4) is 0 Å². The third kappa shape index (κ3) is 4.23. The average Bonchev–Trinajstić information content (AvgIpc) is 3.09. The maximum atomic E-state index is 12.7. The highest BCUT2D eigenvalue weighted by molar-refractivity contribution is 5.80. The van der Waals surface area contributed by atoms with Crippen molar-refractivity contribution in [2.45, 2.75) is 76.4 Å². The van der Waals surface area contributed by atoms with Gasteiger partial charge in [-0.1, -0.05) is 32.6 Å². The van der Waals surface area contributed by atoms with E-state index in [0.717, 1.165) is 68.9 Å². The lowest BCUT2D eigenvalue weighted by Crippen LogP contribution is -2.48. The predicted molar refractivity (Wildman–Crippen MR) is 87.4 cm³/mol. The fourth-order valence-corrected chi connectivity index (χ4v) is 4.10. The molecule has 0 spiro atoms. The number of nitrogens with zero attached hydrogens (tertiary/aromatic N) is 1. The average molecular weight is 312 g/mol. The van der Waals surface area contributed by atoms with E-state index in [1.54, 1.807) is 0 Å². The number of unbranched alkanes of at least 4 members (excludes halogenated alkanes) is 2. The summed E-state index contributed by atoms with van der Waals surface area (Å²) in [6.07, 6.45) is 8.70. The molecule has 22 heavy (non-hydrogen) atoms. The van der Waals surface area contributed by atoms with E-state index < -0.39 is 5.60 Å². The minimum Gasteiger partial charge on any atom is -0.454 e. The highest BCUT2D eigenvalue weighted by Crippen LogP contribution is 2.38. The van der Waals surface area contributed by atoms with Crippen molar-refractivity contribution < 1.29 is 19.1 Å². The molecule has 2 rings (SSSR count). The monoisotopic (exact) mass is 312 g/mol. The van der Waals surface area contributed by atoms with E-state index in [9.17, 15) is 9.90 Å². The van der Waals surface area contributed by atoms with Crippen LogP contribution < -0.4 is 0 Å². The van der Waals surface area contributed by atoms with Crippen LogP contribution in [0.4, 0.5) is 0 Å². The second-order valence-corrected chi connectivity index (χ2v) is 8.02. The molecule has 0 aromatic carbocycles. The summed E-state index contributed by atoms with van der Waals surface area (Å²) >= 11 is 0. The lowest BCUT2D eigenvalue weighted by atomic mass is 9.81. The van der Waals surface area contributed by atoms with Crippen molar-refractivity contribution in [3.63, 3.8) is 0 Å². The topological polar surface area (TPSA) is 46.5 Å². The summed E-state index contributed by atoms with van der Waals surface area (Å²) in [4.78, 5) is 12.7. The fourth-order valence-electron chi connectivity index (χ4n) is 4.10. The minimum atomic E-state index is -1.24. The Hall–Kier alpha value is -0.610. The zero-order chi connectivity index (χ0) is 16.2. The largest absolute Gasteiger partial charge is 0.454 e. The Morgan fingerprint density at radius 2 is 1.91 bits per heavy atom. The number of hydrogen-bond donors (Lipinski definition) is 1. The molecule has 0 bridgehead atoms. The first-order chi connectivity index (χ1) is 10.4. The van der Waals surface area contributed by atoms with Gasteiger partial charge in [0.1, 0.15) is 6.54 Å². The number of ether oxygens (including phenoxy) is 1. The minimum absolute atomic E-state index is 0.0263. The second-order valence-electron chi connectivity index (χ2n) is 8.02. The zero-order valence-electron chi connectivity index (χ0n) is 14.6. The molecule has 4 nitrogen and oxygen atoms in total. The molecule has 2 fully saturated rings. The van der Waals surface area contributed by atoms with Crippen LogP contribution in [0, 0.1) is 5.92 Å². The molecule has 0 radical (unpaired) electrons. The van der Waals surface area contributed by atoms with Gasteiger partial charge >= 0.3 is 5.97 Å². The first-order valence-electron chi connectivity index (χ1n) is 9.13. The first-order valence-corrected chi connectivity index (χ1v) is 9.13. The molecule has 2 aliphatic rings. The lowest BCUT2D eigenvalue weighted by Gasteiger charge is -2.33. The Morgan fingerprint density at radius 1 is 1.23 bits per heavy atom. The van der Waals surface area contributed by atoms with Crippen molar-refractivity contribution in [2.75, 3.05) is 27.2 Å². The first kappa shape index (κ1) is 17.7. The van der Waals surface area contributed by atoms with E-state index in [1.165, 1.54) is 0 Å². The van der Waals surface area contributed by atoms with Crippen molar-refractivity contribution in [1.82, 2.24) is 0 Å². The van der Waals surface area contributed by atoms with Crippen LogP contribution in [-0.4, -0.2) is 54.4 Å². The molecule has 1 N–H and O–H groups in total. The van der Waals surface area contributed by atoms with Gasteiger partial charge in [0.15, 0.2) is 11.7 Å². The highest BCUT2D eigenvalue weighted by atomic mass is 16.6. The predicted octanol–water partition coefficient (Wildman–Crippen LogP) is 2.88. The van der Waals surface area contributed by atoms with Gasteiger partial charge in [-0.15, -0.1) is 0 Å². The number of esters is 1. The molecule has 0 aromatic heterocycles. The number of quaternary nitrogens is 1. The summed E-state index contributed by atoms with van der Waals surface area (Å²) in [7, 11) is 4.33. The summed E-state index contributed by atoms with van der Waals surface area (Å²) in [5.74, 6) is -0.247. The molecular formula is C18H34NO3+. The number of carbonyl (C=O) groups is 1. The highest BCUT2D eigenvalue weighted by Gasteiger charge is 2.47. The number of likely N-dealkylation sites (N-methyl/N-ethyl adjacent to an activating group) is 1. The molecule has 2 atom stereocenters. The molecule has 0 amide bonds. The van der Waals surface area contributed by atoms with E-state index in [0.29, 0.717) is 6.42 Å². The van der Waals surface area contributed by atoms with Gasteiger partial charge in [-0.3, -0.25) is 0 Å². The Balaban J connectivity index is 1.98. The van der Waals surface area contributed by atoms with E-state index in [-0.39, 0.29) is 18.0 Å². The van der Waals surface area contributed by atoms with Gasteiger partial charge in [-0.2, -0.15) is 0 Å². The van der Waals surface area contributed by atoms with Gasteiger partial charge in [0.05, 0.1) is 20.6 Å². The van der Waals surface area contributed by atoms with E-state index >= 15 is 0 Å². The second kappa shape index (κ2) is 7.31. The third-order valence-corrected chi connectivity index (χ3v) is 5.57. The van der Waals surface area contributed by atoms with Crippen LogP contribution in [0.3, 0.4) is 0 Å². The van der Waals surface area contributed by atoms with Crippen LogP contribution >= 0.6 is 0 Å². The van der Waals surface area contributed by atoms with Crippen molar-refractivity contribution >= 4 is 5.97 Å². The normalized spacial score (nSPS) is 27.7. The van der Waals surface area contributed by atoms with Crippen LogP contribution in [-0.2, 0) is 9.53 Å². The smallest absolute Gasteiger partial charge is 0.338 e. The third-order valence-electron chi connectivity index (χ3n) is 5.57. The molecule has 4 heteroatoms. The number of likely N-dealkylation sites (tertiary alicyclic amines) is 1. The lowest BCUT2D eigenvalue weighted by molar-refractivity contribution is -0.879. The van der Waals surface area contributed by atoms with E-state index in [1.807, 2.05) is 0 Å². The number of carbonyl (C=O) groups excluding carboxylic acids is 1. The number of aliphatic hydroxyl groups is 1. The maximum absolute atomic E-state index is 12.7. The van der Waals surface area contributed by atoms with Gasteiger partial charge in [0, 0.05) is 6.42 Å². The zero-order valence-corrected chi connectivity index (χ0v) is 14.6. The van der Waals surface area contributed by atoms with Crippen LogP contribution in [0.2, 0.25) is 0 Å². The molecule has 1 heterocycles. The van der Waals surface area contributed by atoms with Crippen molar-refractivity contribution in [1.29, 1.82) is 0 Å². The Bertz CT molecular complexity index is 377. The summed E-state index contributed by atoms with van der Waals surface area (Å²) < 4.78 is 6.65. The summed E-state index contributed by atoms with van der Waals surface area (Å²) in [6.45, 7) is 4.04. The van der Waals surface area contributed by atoms with E-state index in [2.05, 4.69) is 21.0 Å². The maximum Gasteiger partial charge on any atom is 0.338 e. The SMILES string of the molecule is CCCCCC(O)(C(=O)OC1CC[N+](C)(C)C1)C1CCCC1. The van der Waals surface area contributed by atoms with Gasteiger partial charge in [0.25, 0.3) is 0 Å². The van der Waals surface area contributed by atoms with Crippen LogP contribution in [0.5, 0.6) is 0 Å². The summed E-state index contributed by atoms with van der Waals surface area (Å²) in [6, 6.07) is 0. The Labute approximate surface area is 135 Å². The molecule has 1 aliphatic heterocycles. The molecule has 1 saturated carbocycles. The Morgan fingerprint density at radius 3 is 2.45 bits per heavy atom. The molecule has 2 unspecified atom stereocenters. The quantitative estimate of drug-likeness (QED) is 0.447. The van der Waals surface area contributed by atoms with Gasteiger partial charge in [0.2, 0.25) is 0 Å². The summed E-state index contributed by atoms with van der Waals surface area (Å²) in [5.41, 5.74) is -1.24. The van der Waals surface area contributed by atoms with Gasteiger partial charge in [-0.05, 0) is 31.6 Å². The fraction of sp³-hybridized carbons (Fsp3) is 0.944. The molecule has 128 valence electrons. The van der Waals surface area contributed by atoms with Crippen LogP contribution in [0.25, 0.3) is 0 Å². The van der Waals surface area contributed by atoms with Crippen molar-refractivity contribution in [2.24, 2.45) is 5.92 Å². The summed E-state index contributed by atoms with van der Waals surface area (Å²) in [5, 5.41) is 11.1.